The van der Waals surface area contributed by atoms with Crippen molar-refractivity contribution in [2.45, 2.75) is 45.6 Å². The summed E-state index contributed by atoms with van der Waals surface area (Å²) in [7, 11) is 0. The molecule has 0 heterocycles. The Kier molecular flexibility index (Phi) is 5.18. The van der Waals surface area contributed by atoms with Gasteiger partial charge in [-0.2, -0.15) is 0 Å². The molecule has 110 valence electrons. The smallest absolute Gasteiger partial charge is 0.169 e. The number of hydrogen-bond donors (Lipinski definition) is 1. The first-order valence-electron chi connectivity index (χ1n) is 7.63. The van der Waals surface area contributed by atoms with E-state index in [4.69, 9.17) is 10.5 Å². The minimum atomic E-state index is 0.0608. The van der Waals surface area contributed by atoms with E-state index in [1.807, 2.05) is 38.1 Å². The molecule has 3 heteroatoms. The van der Waals surface area contributed by atoms with Gasteiger partial charge in [-0.1, -0.05) is 25.0 Å². The van der Waals surface area contributed by atoms with E-state index in [0.717, 1.165) is 19.3 Å². The highest BCUT2D eigenvalue weighted by Crippen LogP contribution is 2.34. The molecule has 0 amide bonds. The number of nitrogens with two attached hydrogens (primary N) is 1. The van der Waals surface area contributed by atoms with Crippen molar-refractivity contribution in [1.82, 2.24) is 0 Å². The zero-order valence-corrected chi connectivity index (χ0v) is 12.5. The van der Waals surface area contributed by atoms with Crippen LogP contribution in [0.3, 0.4) is 0 Å². The van der Waals surface area contributed by atoms with E-state index >= 15 is 0 Å². The van der Waals surface area contributed by atoms with E-state index in [1.54, 1.807) is 0 Å². The first kappa shape index (κ1) is 15.0. The fourth-order valence-corrected chi connectivity index (χ4v) is 3.06. The summed E-state index contributed by atoms with van der Waals surface area (Å²) >= 11 is 0. The van der Waals surface area contributed by atoms with E-state index in [-0.39, 0.29) is 17.8 Å². The second kappa shape index (κ2) is 6.89. The second-order valence-electron chi connectivity index (χ2n) is 5.91. The highest BCUT2D eigenvalue weighted by molar-refractivity contribution is 6.00. The molecule has 1 aliphatic rings. The van der Waals surface area contributed by atoms with Gasteiger partial charge in [-0.15, -0.1) is 0 Å². The summed E-state index contributed by atoms with van der Waals surface area (Å²) in [5.74, 6) is 1.29. The van der Waals surface area contributed by atoms with Crippen molar-refractivity contribution in [3.05, 3.63) is 29.8 Å². The van der Waals surface area contributed by atoms with Crippen molar-refractivity contribution >= 4 is 5.78 Å². The Bertz CT molecular complexity index is 456. The summed E-state index contributed by atoms with van der Waals surface area (Å²) in [4.78, 5) is 12.8. The Labute approximate surface area is 121 Å². The Hall–Kier alpha value is -1.35. The lowest BCUT2D eigenvalue weighted by Crippen LogP contribution is -2.32. The minimum Gasteiger partial charge on any atom is -0.490 e. The van der Waals surface area contributed by atoms with Crippen molar-refractivity contribution in [1.29, 1.82) is 0 Å². The normalized spacial score (nSPS) is 22.8. The number of carbonyl (C=O) groups excluding carboxylic acids is 1. The van der Waals surface area contributed by atoms with Crippen LogP contribution in [0.1, 0.15) is 49.9 Å². The molecule has 0 spiro atoms. The number of para-hydroxylation sites is 1. The molecule has 2 atom stereocenters. The molecule has 3 nitrogen and oxygen atoms in total. The zero-order valence-electron chi connectivity index (χ0n) is 12.5. The first-order valence-corrected chi connectivity index (χ1v) is 7.63. The molecule has 0 radical (unpaired) electrons. The lowest BCUT2D eigenvalue weighted by atomic mass is 9.75. The summed E-state index contributed by atoms with van der Waals surface area (Å²) in [6.45, 7) is 4.55. The zero-order chi connectivity index (χ0) is 14.5. The Balaban J connectivity index is 2.23. The average Bonchev–Trinajstić information content (AvgIpc) is 2.46. The van der Waals surface area contributed by atoms with Crippen LogP contribution in [0.25, 0.3) is 0 Å². The van der Waals surface area contributed by atoms with Crippen molar-refractivity contribution in [2.75, 3.05) is 6.54 Å². The summed E-state index contributed by atoms with van der Waals surface area (Å²) in [5, 5.41) is 0. The highest BCUT2D eigenvalue weighted by Gasteiger charge is 2.31. The molecule has 1 fully saturated rings. The first-order chi connectivity index (χ1) is 9.63. The van der Waals surface area contributed by atoms with Crippen LogP contribution >= 0.6 is 0 Å². The van der Waals surface area contributed by atoms with Crippen molar-refractivity contribution in [2.24, 2.45) is 17.6 Å². The van der Waals surface area contributed by atoms with Crippen LogP contribution in [0, 0.1) is 11.8 Å². The maximum Gasteiger partial charge on any atom is 0.169 e. The fourth-order valence-electron chi connectivity index (χ4n) is 3.06. The molecule has 0 aliphatic heterocycles. The van der Waals surface area contributed by atoms with Gasteiger partial charge in [0.25, 0.3) is 0 Å². The number of carbonyl (C=O) groups is 1. The summed E-state index contributed by atoms with van der Waals surface area (Å²) < 4.78 is 5.77. The van der Waals surface area contributed by atoms with Gasteiger partial charge >= 0.3 is 0 Å². The van der Waals surface area contributed by atoms with Crippen LogP contribution in [0.15, 0.2) is 24.3 Å². The van der Waals surface area contributed by atoms with Crippen LogP contribution in [-0.2, 0) is 0 Å². The van der Waals surface area contributed by atoms with Crippen molar-refractivity contribution < 1.29 is 9.53 Å². The van der Waals surface area contributed by atoms with E-state index in [9.17, 15) is 4.79 Å². The minimum absolute atomic E-state index is 0.0608. The topological polar surface area (TPSA) is 52.3 Å². The van der Waals surface area contributed by atoms with Gasteiger partial charge in [0.15, 0.2) is 5.78 Å². The van der Waals surface area contributed by atoms with Crippen LogP contribution in [-0.4, -0.2) is 18.4 Å². The van der Waals surface area contributed by atoms with E-state index in [2.05, 4.69) is 0 Å². The molecule has 0 saturated heterocycles. The average molecular weight is 275 g/mol. The van der Waals surface area contributed by atoms with Gasteiger partial charge in [0.1, 0.15) is 5.75 Å². The molecule has 0 bridgehead atoms. The molecule has 0 aromatic heterocycles. The predicted octanol–water partition coefficient (Wildman–Crippen LogP) is 3.42. The number of Topliss-reactive ketones (excluding diaryl/α,β-unsaturated/α-hetero) is 1. The molecular weight excluding hydrogens is 250 g/mol. The van der Waals surface area contributed by atoms with Crippen molar-refractivity contribution in [3.8, 4) is 5.75 Å². The van der Waals surface area contributed by atoms with Gasteiger partial charge in [-0.25, -0.2) is 0 Å². The largest absolute Gasteiger partial charge is 0.490 e. The highest BCUT2D eigenvalue weighted by atomic mass is 16.5. The maximum atomic E-state index is 12.8. The fraction of sp³-hybridized carbons (Fsp3) is 0.588. The van der Waals surface area contributed by atoms with Gasteiger partial charge in [0, 0.05) is 5.92 Å². The second-order valence-corrected chi connectivity index (χ2v) is 5.91. The SMILES string of the molecule is CC(C)Oc1ccccc1C(=O)C1CCCCC1CN. The van der Waals surface area contributed by atoms with E-state index < -0.39 is 0 Å². The maximum absolute atomic E-state index is 12.8. The standard InChI is InChI=1S/C17H25NO2/c1-12(2)20-16-10-6-5-9-15(16)17(19)14-8-4-3-7-13(14)11-18/h5-6,9-10,12-14H,3-4,7-8,11,18H2,1-2H3. The number of ether oxygens (including phenoxy) is 1. The van der Waals surface area contributed by atoms with Gasteiger partial charge in [-0.3, -0.25) is 4.79 Å². The van der Waals surface area contributed by atoms with Crippen LogP contribution < -0.4 is 10.5 Å². The number of hydrogen-bond acceptors (Lipinski definition) is 3. The number of benzene rings is 1. The third kappa shape index (κ3) is 3.40. The lowest BCUT2D eigenvalue weighted by Gasteiger charge is -2.30. The Morgan fingerprint density at radius 2 is 2.00 bits per heavy atom. The summed E-state index contributed by atoms with van der Waals surface area (Å²) in [6.07, 6.45) is 4.41. The molecule has 2 N–H and O–H groups in total. The molecule has 1 aliphatic carbocycles. The molecular formula is C17H25NO2. The van der Waals surface area contributed by atoms with Crippen molar-refractivity contribution in [3.63, 3.8) is 0 Å². The number of ketones is 1. The van der Waals surface area contributed by atoms with Crippen LogP contribution in [0.4, 0.5) is 0 Å². The van der Waals surface area contributed by atoms with Crippen LogP contribution in [0.2, 0.25) is 0 Å². The molecule has 2 rings (SSSR count). The molecule has 1 aromatic rings. The van der Waals surface area contributed by atoms with E-state index in [0.29, 0.717) is 23.8 Å². The third-order valence-corrected chi connectivity index (χ3v) is 4.06. The Morgan fingerprint density at radius 1 is 1.30 bits per heavy atom. The third-order valence-electron chi connectivity index (χ3n) is 4.06. The predicted molar refractivity (Wildman–Crippen MR) is 81.0 cm³/mol. The lowest BCUT2D eigenvalue weighted by molar-refractivity contribution is 0.0824. The molecule has 1 saturated carbocycles. The van der Waals surface area contributed by atoms with E-state index in [1.165, 1.54) is 6.42 Å². The summed E-state index contributed by atoms with van der Waals surface area (Å²) in [5.41, 5.74) is 6.56. The monoisotopic (exact) mass is 275 g/mol. The van der Waals surface area contributed by atoms with Gasteiger partial charge in [0.05, 0.1) is 11.7 Å². The molecule has 1 aromatic carbocycles. The van der Waals surface area contributed by atoms with Crippen LogP contribution in [0.5, 0.6) is 5.75 Å². The summed E-state index contributed by atoms with van der Waals surface area (Å²) in [6, 6.07) is 7.58. The molecule has 2 unspecified atom stereocenters. The molecule has 20 heavy (non-hydrogen) atoms. The van der Waals surface area contributed by atoms with Gasteiger partial charge in [-0.05, 0) is 51.3 Å². The Morgan fingerprint density at radius 3 is 2.70 bits per heavy atom. The quantitative estimate of drug-likeness (QED) is 0.838. The number of rotatable bonds is 5. The van der Waals surface area contributed by atoms with Gasteiger partial charge in [0.2, 0.25) is 0 Å². The van der Waals surface area contributed by atoms with Gasteiger partial charge < -0.3 is 10.5 Å².